The summed E-state index contributed by atoms with van der Waals surface area (Å²) in [7, 11) is 0. The van der Waals surface area contributed by atoms with Gasteiger partial charge in [-0.2, -0.15) is 0 Å². The summed E-state index contributed by atoms with van der Waals surface area (Å²) in [6.45, 7) is 9.22. The molecule has 0 spiro atoms. The van der Waals surface area contributed by atoms with Crippen LogP contribution >= 0.6 is 0 Å². The van der Waals surface area contributed by atoms with Crippen LogP contribution in [-0.4, -0.2) is 18.8 Å². The molecule has 0 N–H and O–H groups in total. The average Bonchev–Trinajstić information content (AvgIpc) is 2.51. The SMILES string of the molecule is CCC[CH2][Sn]([CH2]C)([CH2]CCC)[O]C(C)c1ccccc1. The molecule has 0 amide bonds. The summed E-state index contributed by atoms with van der Waals surface area (Å²) in [6.07, 6.45) is 5.59. The van der Waals surface area contributed by atoms with Crippen molar-refractivity contribution in [2.24, 2.45) is 0 Å². The van der Waals surface area contributed by atoms with Crippen molar-refractivity contribution in [2.75, 3.05) is 0 Å². The summed E-state index contributed by atoms with van der Waals surface area (Å²) in [5.41, 5.74) is 1.34. The van der Waals surface area contributed by atoms with Gasteiger partial charge in [-0.25, -0.2) is 0 Å². The van der Waals surface area contributed by atoms with Crippen LogP contribution in [0.3, 0.4) is 0 Å². The van der Waals surface area contributed by atoms with Gasteiger partial charge in [0, 0.05) is 0 Å². The van der Waals surface area contributed by atoms with E-state index in [1.807, 2.05) is 0 Å². The van der Waals surface area contributed by atoms with Gasteiger partial charge in [0.2, 0.25) is 0 Å². The number of benzene rings is 1. The molecule has 1 atom stereocenters. The topological polar surface area (TPSA) is 9.23 Å². The van der Waals surface area contributed by atoms with Crippen molar-refractivity contribution in [3.05, 3.63) is 35.9 Å². The third-order valence-corrected chi connectivity index (χ3v) is 17.6. The van der Waals surface area contributed by atoms with Gasteiger partial charge in [-0.1, -0.05) is 0 Å². The molecule has 1 nitrogen and oxygen atoms in total. The van der Waals surface area contributed by atoms with E-state index in [9.17, 15) is 0 Å². The van der Waals surface area contributed by atoms with Gasteiger partial charge in [0.25, 0.3) is 0 Å². The van der Waals surface area contributed by atoms with Crippen LogP contribution in [0, 0.1) is 0 Å². The summed E-state index contributed by atoms with van der Waals surface area (Å²) in [4.78, 5) is 0. The van der Waals surface area contributed by atoms with Crippen molar-refractivity contribution < 1.29 is 3.07 Å². The van der Waals surface area contributed by atoms with Crippen LogP contribution in [0.5, 0.6) is 0 Å². The molecular weight excluding hydrogens is 351 g/mol. The van der Waals surface area contributed by atoms with Crippen LogP contribution in [0.4, 0.5) is 0 Å². The zero-order chi connectivity index (χ0) is 14.8. The summed E-state index contributed by atoms with van der Waals surface area (Å²) >= 11 is -2.39. The molecule has 0 aromatic heterocycles. The van der Waals surface area contributed by atoms with Crippen LogP contribution in [0.15, 0.2) is 30.3 Å². The van der Waals surface area contributed by atoms with E-state index < -0.39 is 18.8 Å². The Balaban J connectivity index is 2.76. The first-order valence-corrected chi connectivity index (χ1v) is 15.6. The zero-order valence-electron chi connectivity index (χ0n) is 13.8. The first kappa shape index (κ1) is 18.0. The minimum atomic E-state index is -2.39. The first-order valence-electron chi connectivity index (χ1n) is 8.40. The van der Waals surface area contributed by atoms with Gasteiger partial charge in [0.05, 0.1) is 0 Å². The predicted molar refractivity (Wildman–Crippen MR) is 91.6 cm³/mol. The van der Waals surface area contributed by atoms with Crippen molar-refractivity contribution >= 4 is 18.8 Å². The molecule has 0 radical (unpaired) electrons. The molecule has 20 heavy (non-hydrogen) atoms. The van der Waals surface area contributed by atoms with Gasteiger partial charge in [-0.15, -0.1) is 0 Å². The zero-order valence-corrected chi connectivity index (χ0v) is 16.7. The maximum atomic E-state index is 6.79. The van der Waals surface area contributed by atoms with Crippen molar-refractivity contribution in [3.8, 4) is 0 Å². The van der Waals surface area contributed by atoms with Gasteiger partial charge < -0.3 is 0 Å². The molecule has 2 heteroatoms. The standard InChI is InChI=1S/C8H9O.2C4H9.C2H5.Sn/c1-7(9)8-5-3-2-4-6-8;2*1-3-4-2;1-2;/h2-7H,1H3;2*1,3-4H2,2H3;1H2,2H3;/q-1;;;;+1. The quantitative estimate of drug-likeness (QED) is 0.429. The van der Waals surface area contributed by atoms with E-state index >= 15 is 0 Å². The number of rotatable bonds is 10. The van der Waals surface area contributed by atoms with E-state index in [2.05, 4.69) is 58.0 Å². The number of unbranched alkanes of at least 4 members (excludes halogenated alkanes) is 2. The molecule has 1 unspecified atom stereocenters. The Morgan fingerprint density at radius 2 is 1.50 bits per heavy atom. The second-order valence-electron chi connectivity index (χ2n) is 5.91. The van der Waals surface area contributed by atoms with E-state index in [1.165, 1.54) is 44.6 Å². The Morgan fingerprint density at radius 1 is 0.950 bits per heavy atom. The van der Waals surface area contributed by atoms with Crippen LogP contribution in [0.1, 0.15) is 65.0 Å². The molecule has 0 aliphatic rings. The monoisotopic (exact) mass is 384 g/mol. The molecule has 0 fully saturated rings. The molecular formula is C18H32OSn. The van der Waals surface area contributed by atoms with Gasteiger partial charge in [0.15, 0.2) is 0 Å². The van der Waals surface area contributed by atoms with Crippen molar-refractivity contribution in [1.82, 2.24) is 0 Å². The summed E-state index contributed by atoms with van der Waals surface area (Å²) in [5, 5.41) is 0. The fourth-order valence-corrected chi connectivity index (χ4v) is 14.9. The van der Waals surface area contributed by atoms with Crippen molar-refractivity contribution in [3.63, 3.8) is 0 Å². The molecule has 1 aromatic carbocycles. The fraction of sp³-hybridized carbons (Fsp3) is 0.667. The van der Waals surface area contributed by atoms with Crippen LogP contribution in [0.25, 0.3) is 0 Å². The van der Waals surface area contributed by atoms with Crippen LogP contribution < -0.4 is 0 Å². The molecule has 0 aliphatic carbocycles. The summed E-state index contributed by atoms with van der Waals surface area (Å²) in [6, 6.07) is 10.7. The normalized spacial score (nSPS) is 13.4. The molecule has 0 saturated heterocycles. The molecule has 0 heterocycles. The molecule has 0 bridgehead atoms. The Bertz CT molecular complexity index is 342. The van der Waals surface area contributed by atoms with Gasteiger partial charge in [-0.3, -0.25) is 0 Å². The fourth-order valence-electron chi connectivity index (χ4n) is 2.84. The molecule has 0 aliphatic heterocycles. The van der Waals surface area contributed by atoms with E-state index in [-0.39, 0.29) is 6.10 Å². The predicted octanol–water partition coefficient (Wildman–Crippen LogP) is 6.33. The Hall–Kier alpha value is -0.0213. The Kier molecular flexibility index (Phi) is 8.86. The van der Waals surface area contributed by atoms with Crippen molar-refractivity contribution in [1.29, 1.82) is 0 Å². The maximum absolute atomic E-state index is 6.79. The van der Waals surface area contributed by atoms with Gasteiger partial charge in [0.1, 0.15) is 0 Å². The first-order chi connectivity index (χ1) is 9.67. The van der Waals surface area contributed by atoms with Crippen molar-refractivity contribution in [2.45, 2.75) is 72.8 Å². The second kappa shape index (κ2) is 9.83. The number of hydrogen-bond acceptors (Lipinski definition) is 1. The third kappa shape index (κ3) is 5.77. The van der Waals surface area contributed by atoms with E-state index in [0.29, 0.717) is 0 Å². The van der Waals surface area contributed by atoms with Gasteiger partial charge in [-0.05, 0) is 0 Å². The van der Waals surface area contributed by atoms with E-state index in [1.54, 1.807) is 0 Å². The Morgan fingerprint density at radius 3 is 1.95 bits per heavy atom. The summed E-state index contributed by atoms with van der Waals surface area (Å²) in [5.74, 6) is 0. The summed E-state index contributed by atoms with van der Waals surface area (Å²) < 4.78 is 10.9. The van der Waals surface area contributed by atoms with Gasteiger partial charge >= 0.3 is 131 Å². The molecule has 114 valence electrons. The van der Waals surface area contributed by atoms with E-state index in [4.69, 9.17) is 3.07 Å². The molecule has 1 aromatic rings. The van der Waals surface area contributed by atoms with E-state index in [0.717, 1.165) is 0 Å². The Labute approximate surface area is 130 Å². The molecule has 1 rings (SSSR count). The average molecular weight is 383 g/mol. The minimum absolute atomic E-state index is 0.278. The van der Waals surface area contributed by atoms with Crippen LogP contribution in [-0.2, 0) is 3.07 Å². The van der Waals surface area contributed by atoms with Crippen LogP contribution in [0.2, 0.25) is 13.3 Å². The second-order valence-corrected chi connectivity index (χ2v) is 18.2. The molecule has 0 saturated carbocycles. The third-order valence-electron chi connectivity index (χ3n) is 4.31. The number of hydrogen-bond donors (Lipinski definition) is 0.